The molecule has 0 spiro atoms. The van der Waals surface area contributed by atoms with Crippen LogP contribution in [0.1, 0.15) is 47.0 Å². The Kier molecular flexibility index (Phi) is 5.08. The van der Waals surface area contributed by atoms with Gasteiger partial charge in [-0.3, -0.25) is 9.69 Å². The molecule has 0 aromatic heterocycles. The zero-order valence-corrected chi connectivity index (χ0v) is 13.4. The van der Waals surface area contributed by atoms with Gasteiger partial charge >= 0.3 is 5.97 Å². The van der Waals surface area contributed by atoms with E-state index in [1.165, 1.54) is 12.8 Å². The van der Waals surface area contributed by atoms with E-state index in [-0.39, 0.29) is 12.0 Å². The third kappa shape index (κ3) is 3.95. The average Bonchev–Trinajstić information content (AvgIpc) is 2.97. The maximum Gasteiger partial charge on any atom is 0.323 e. The van der Waals surface area contributed by atoms with Crippen molar-refractivity contribution >= 4 is 5.97 Å². The molecule has 0 saturated carbocycles. The van der Waals surface area contributed by atoms with Crippen molar-refractivity contribution in [2.24, 2.45) is 11.8 Å². The van der Waals surface area contributed by atoms with Gasteiger partial charge in [0, 0.05) is 19.8 Å². The van der Waals surface area contributed by atoms with E-state index in [0.29, 0.717) is 11.8 Å². The summed E-state index contributed by atoms with van der Waals surface area (Å²) in [6.07, 6.45) is 3.19. The van der Waals surface area contributed by atoms with Gasteiger partial charge in [-0.05, 0) is 58.4 Å². The first kappa shape index (κ1) is 15.8. The second-order valence-corrected chi connectivity index (χ2v) is 7.12. The molecule has 0 N–H and O–H groups in total. The number of rotatable bonds is 4. The fraction of sp³-hybridized carbons (Fsp3) is 0.938. The van der Waals surface area contributed by atoms with Gasteiger partial charge < -0.3 is 9.47 Å². The molecular formula is C16H29NO3. The molecule has 0 radical (unpaired) electrons. The smallest absolute Gasteiger partial charge is 0.323 e. The highest BCUT2D eigenvalue weighted by atomic mass is 16.6. The fourth-order valence-corrected chi connectivity index (χ4v) is 3.35. The van der Waals surface area contributed by atoms with Gasteiger partial charge in [0.2, 0.25) is 0 Å². The highest BCUT2D eigenvalue weighted by Crippen LogP contribution is 2.31. The van der Waals surface area contributed by atoms with E-state index in [1.807, 2.05) is 20.8 Å². The SMILES string of the molecule is CC[C@H](C(=O)OC(C)(C)C)N1CC[C@@H]([C@H]2CCOC2)C1. The van der Waals surface area contributed by atoms with E-state index < -0.39 is 5.60 Å². The van der Waals surface area contributed by atoms with Gasteiger partial charge in [0.05, 0.1) is 0 Å². The molecule has 0 aliphatic carbocycles. The summed E-state index contributed by atoms with van der Waals surface area (Å²) in [6, 6.07) is -0.0819. The molecule has 2 heterocycles. The van der Waals surface area contributed by atoms with Crippen molar-refractivity contribution in [1.82, 2.24) is 4.90 Å². The Balaban J connectivity index is 1.90. The third-order valence-corrected chi connectivity index (χ3v) is 4.39. The molecule has 0 aromatic carbocycles. The fourth-order valence-electron chi connectivity index (χ4n) is 3.35. The first-order valence-corrected chi connectivity index (χ1v) is 7.95. The van der Waals surface area contributed by atoms with Crippen LogP contribution in [0.15, 0.2) is 0 Å². The van der Waals surface area contributed by atoms with E-state index in [1.54, 1.807) is 0 Å². The lowest BCUT2D eigenvalue weighted by atomic mass is 9.91. The lowest BCUT2D eigenvalue weighted by Crippen LogP contribution is -2.43. The number of nitrogens with zero attached hydrogens (tertiary/aromatic N) is 1. The lowest BCUT2D eigenvalue weighted by molar-refractivity contribution is -0.161. The summed E-state index contributed by atoms with van der Waals surface area (Å²) < 4.78 is 11.1. The maximum atomic E-state index is 12.3. The van der Waals surface area contributed by atoms with Crippen LogP contribution < -0.4 is 0 Å². The van der Waals surface area contributed by atoms with Crippen LogP contribution in [-0.4, -0.2) is 48.8 Å². The van der Waals surface area contributed by atoms with Crippen molar-refractivity contribution < 1.29 is 14.3 Å². The second-order valence-electron chi connectivity index (χ2n) is 7.12. The molecule has 0 bridgehead atoms. The topological polar surface area (TPSA) is 38.8 Å². The average molecular weight is 283 g/mol. The molecule has 2 rings (SSSR count). The van der Waals surface area contributed by atoms with Crippen molar-refractivity contribution in [3.05, 3.63) is 0 Å². The van der Waals surface area contributed by atoms with Gasteiger partial charge in [0.25, 0.3) is 0 Å². The van der Waals surface area contributed by atoms with Crippen LogP contribution in [0.2, 0.25) is 0 Å². The summed E-state index contributed by atoms with van der Waals surface area (Å²) in [7, 11) is 0. The van der Waals surface area contributed by atoms with Crippen molar-refractivity contribution in [2.45, 2.75) is 58.6 Å². The lowest BCUT2D eigenvalue weighted by Gasteiger charge is -2.29. The largest absolute Gasteiger partial charge is 0.459 e. The molecule has 2 fully saturated rings. The van der Waals surface area contributed by atoms with Crippen molar-refractivity contribution in [2.75, 3.05) is 26.3 Å². The first-order valence-electron chi connectivity index (χ1n) is 7.95. The Morgan fingerprint density at radius 2 is 2.10 bits per heavy atom. The highest BCUT2D eigenvalue weighted by molar-refractivity contribution is 5.76. The van der Waals surface area contributed by atoms with E-state index in [0.717, 1.165) is 32.7 Å². The van der Waals surface area contributed by atoms with Crippen LogP contribution in [-0.2, 0) is 14.3 Å². The standard InChI is InChI=1S/C16H29NO3/c1-5-14(15(18)20-16(2,3)4)17-8-6-12(10-17)13-7-9-19-11-13/h12-14H,5-11H2,1-4H3/t12-,13+,14-/m1/s1. The summed E-state index contributed by atoms with van der Waals surface area (Å²) in [5, 5.41) is 0. The minimum absolute atomic E-state index is 0.0664. The Hall–Kier alpha value is -0.610. The number of carbonyl (C=O) groups is 1. The predicted octanol–water partition coefficient (Wildman–Crippen LogP) is 2.47. The normalized spacial score (nSPS) is 29.6. The summed E-state index contributed by atoms with van der Waals surface area (Å²) in [4.78, 5) is 14.6. The van der Waals surface area contributed by atoms with Gasteiger partial charge in [0.1, 0.15) is 11.6 Å². The number of hydrogen-bond acceptors (Lipinski definition) is 4. The van der Waals surface area contributed by atoms with Crippen LogP contribution in [0.5, 0.6) is 0 Å². The molecule has 4 nitrogen and oxygen atoms in total. The van der Waals surface area contributed by atoms with E-state index in [9.17, 15) is 4.79 Å². The molecular weight excluding hydrogens is 254 g/mol. The molecule has 3 atom stereocenters. The molecule has 4 heteroatoms. The van der Waals surface area contributed by atoms with Crippen molar-refractivity contribution in [3.63, 3.8) is 0 Å². The summed E-state index contributed by atoms with van der Waals surface area (Å²) in [5.74, 6) is 1.31. The van der Waals surface area contributed by atoms with Crippen LogP contribution in [0.4, 0.5) is 0 Å². The number of likely N-dealkylation sites (tertiary alicyclic amines) is 1. The minimum Gasteiger partial charge on any atom is -0.459 e. The van der Waals surface area contributed by atoms with Gasteiger partial charge in [-0.25, -0.2) is 0 Å². The highest BCUT2D eigenvalue weighted by Gasteiger charge is 2.37. The van der Waals surface area contributed by atoms with Crippen LogP contribution in [0.25, 0.3) is 0 Å². The summed E-state index contributed by atoms with van der Waals surface area (Å²) >= 11 is 0. The zero-order chi connectivity index (χ0) is 14.8. The van der Waals surface area contributed by atoms with E-state index >= 15 is 0 Å². The van der Waals surface area contributed by atoms with Gasteiger partial charge in [0.15, 0.2) is 0 Å². The van der Waals surface area contributed by atoms with Gasteiger partial charge in [-0.15, -0.1) is 0 Å². The van der Waals surface area contributed by atoms with Crippen molar-refractivity contribution in [3.8, 4) is 0 Å². The summed E-state index contributed by atoms with van der Waals surface area (Å²) in [5.41, 5.74) is -0.400. The molecule has 2 aliphatic rings. The summed E-state index contributed by atoms with van der Waals surface area (Å²) in [6.45, 7) is 11.7. The Morgan fingerprint density at radius 3 is 2.65 bits per heavy atom. The minimum atomic E-state index is -0.400. The predicted molar refractivity (Wildman–Crippen MR) is 78.5 cm³/mol. The van der Waals surface area contributed by atoms with E-state index in [4.69, 9.17) is 9.47 Å². The quantitative estimate of drug-likeness (QED) is 0.743. The van der Waals surface area contributed by atoms with Crippen LogP contribution in [0, 0.1) is 11.8 Å². The number of ether oxygens (including phenoxy) is 2. The Bertz CT molecular complexity index is 331. The van der Waals surface area contributed by atoms with Crippen LogP contribution >= 0.6 is 0 Å². The molecule has 20 heavy (non-hydrogen) atoms. The molecule has 0 aromatic rings. The second kappa shape index (κ2) is 6.44. The molecule has 2 aliphatic heterocycles. The van der Waals surface area contributed by atoms with E-state index in [2.05, 4.69) is 11.8 Å². The third-order valence-electron chi connectivity index (χ3n) is 4.39. The molecule has 116 valence electrons. The Morgan fingerprint density at radius 1 is 1.35 bits per heavy atom. The monoisotopic (exact) mass is 283 g/mol. The number of carbonyl (C=O) groups excluding carboxylic acids is 1. The number of esters is 1. The zero-order valence-electron chi connectivity index (χ0n) is 13.4. The Labute approximate surface area is 122 Å². The molecule has 0 amide bonds. The molecule has 0 unspecified atom stereocenters. The van der Waals surface area contributed by atoms with Crippen molar-refractivity contribution in [1.29, 1.82) is 0 Å². The first-order chi connectivity index (χ1) is 9.40. The molecule has 2 saturated heterocycles. The van der Waals surface area contributed by atoms with Crippen LogP contribution in [0.3, 0.4) is 0 Å². The van der Waals surface area contributed by atoms with Gasteiger partial charge in [-0.1, -0.05) is 6.92 Å². The number of hydrogen-bond donors (Lipinski definition) is 0. The van der Waals surface area contributed by atoms with Gasteiger partial charge in [-0.2, -0.15) is 0 Å². The maximum absolute atomic E-state index is 12.3.